The molecule has 0 spiro atoms. The largest absolute Gasteiger partial charge is 0.449 e. The highest BCUT2D eigenvalue weighted by Crippen LogP contribution is 2.72. The highest BCUT2D eigenvalue weighted by molar-refractivity contribution is 8.13. The van der Waals surface area contributed by atoms with Crippen LogP contribution >= 0.6 is 11.8 Å². The molecule has 34 heavy (non-hydrogen) atoms. The van der Waals surface area contributed by atoms with Gasteiger partial charge in [-0.05, 0) is 49.1 Å². The van der Waals surface area contributed by atoms with Crippen LogP contribution in [0.25, 0.3) is 0 Å². The normalized spacial score (nSPS) is 45.5. The molecule has 0 aromatic carbocycles. The van der Waals surface area contributed by atoms with E-state index in [0.29, 0.717) is 11.8 Å². The van der Waals surface area contributed by atoms with Crippen LogP contribution in [-0.4, -0.2) is 45.4 Å². The van der Waals surface area contributed by atoms with Gasteiger partial charge in [0.05, 0.1) is 6.10 Å². The van der Waals surface area contributed by atoms with E-state index in [0.717, 1.165) is 0 Å². The molecule has 5 nitrogen and oxygen atoms in total. The van der Waals surface area contributed by atoms with E-state index in [1.54, 1.807) is 20.8 Å². The fourth-order valence-corrected chi connectivity index (χ4v) is 8.39. The lowest BCUT2D eigenvalue weighted by atomic mass is 9.45. The molecule has 2 fully saturated rings. The van der Waals surface area contributed by atoms with Gasteiger partial charge < -0.3 is 9.84 Å². The number of thioether (sulfide) groups is 1. The van der Waals surface area contributed by atoms with Crippen LogP contribution in [0.2, 0.25) is 0 Å². The van der Waals surface area contributed by atoms with Gasteiger partial charge in [0.1, 0.15) is 11.8 Å². The average Bonchev–Trinajstić information content (AvgIpc) is 2.99. The summed E-state index contributed by atoms with van der Waals surface area (Å²) in [4.78, 5) is 37.8. The van der Waals surface area contributed by atoms with Crippen LogP contribution in [0.15, 0.2) is 23.6 Å². The number of rotatable bonds is 4. The number of carbonyl (C=O) groups excluding carboxylic acids is 3. The molecule has 4 aliphatic rings. The Morgan fingerprint density at radius 2 is 1.97 bits per heavy atom. The first-order chi connectivity index (χ1) is 15.8. The number of alkyl halides is 2. The number of hydrogen-bond acceptors (Lipinski definition) is 6. The molecule has 8 atom stereocenters. The van der Waals surface area contributed by atoms with E-state index in [9.17, 15) is 23.9 Å². The molecule has 188 valence electrons. The second-order valence-electron chi connectivity index (χ2n) is 10.6. The zero-order valence-electron chi connectivity index (χ0n) is 19.8. The van der Waals surface area contributed by atoms with Crippen LogP contribution in [0.3, 0.4) is 0 Å². The molecule has 1 N–H and O–H groups in total. The Morgan fingerprint density at radius 1 is 1.29 bits per heavy atom. The van der Waals surface area contributed by atoms with Gasteiger partial charge in [0.2, 0.25) is 5.12 Å². The smallest absolute Gasteiger partial charge is 0.306 e. The van der Waals surface area contributed by atoms with Crippen molar-refractivity contribution in [2.75, 3.05) is 6.01 Å². The minimum absolute atomic E-state index is 0.0144. The maximum absolute atomic E-state index is 17.2. The summed E-state index contributed by atoms with van der Waals surface area (Å²) >= 11 is 0.396. The Morgan fingerprint density at radius 3 is 2.59 bits per heavy atom. The van der Waals surface area contributed by atoms with Gasteiger partial charge in [0.25, 0.3) is 0 Å². The van der Waals surface area contributed by atoms with Crippen LogP contribution in [-0.2, 0) is 19.1 Å². The summed E-state index contributed by atoms with van der Waals surface area (Å²) < 4.78 is 51.8. The van der Waals surface area contributed by atoms with E-state index in [1.807, 2.05) is 0 Å². The molecule has 4 rings (SSSR count). The number of ether oxygens (including phenoxy) is 1. The third-order valence-corrected chi connectivity index (χ3v) is 9.93. The van der Waals surface area contributed by atoms with Crippen molar-refractivity contribution in [3.63, 3.8) is 0 Å². The summed E-state index contributed by atoms with van der Waals surface area (Å²) in [6.45, 7) is 6.46. The Kier molecular flexibility index (Phi) is 6.16. The second kappa shape index (κ2) is 8.22. The molecule has 2 saturated carbocycles. The summed E-state index contributed by atoms with van der Waals surface area (Å²) in [5, 5.41) is 10.7. The van der Waals surface area contributed by atoms with Crippen molar-refractivity contribution in [2.45, 2.75) is 77.2 Å². The molecule has 0 aromatic rings. The lowest BCUT2D eigenvalue weighted by Crippen LogP contribution is -2.69. The molecule has 0 radical (unpaired) electrons. The monoisotopic (exact) mass is 500 g/mol. The number of ketones is 1. The van der Waals surface area contributed by atoms with Gasteiger partial charge in [-0.15, -0.1) is 0 Å². The first-order valence-corrected chi connectivity index (χ1v) is 12.7. The Labute approximate surface area is 201 Å². The average molecular weight is 501 g/mol. The third-order valence-electron chi connectivity index (χ3n) is 9.25. The summed E-state index contributed by atoms with van der Waals surface area (Å²) in [6.07, 6.45) is 0.414. The van der Waals surface area contributed by atoms with E-state index < -0.39 is 68.9 Å². The van der Waals surface area contributed by atoms with Crippen molar-refractivity contribution in [1.82, 2.24) is 0 Å². The zero-order valence-corrected chi connectivity index (χ0v) is 20.6. The molecule has 0 heterocycles. The zero-order chi connectivity index (χ0) is 25.3. The Balaban J connectivity index is 1.89. The maximum Gasteiger partial charge on any atom is 0.306 e. The van der Waals surface area contributed by atoms with Gasteiger partial charge in [-0.3, -0.25) is 14.4 Å². The van der Waals surface area contributed by atoms with E-state index >= 15 is 8.78 Å². The van der Waals surface area contributed by atoms with Crippen molar-refractivity contribution in [2.24, 2.45) is 28.6 Å². The molecule has 4 aliphatic carbocycles. The minimum Gasteiger partial charge on any atom is -0.449 e. The third kappa shape index (κ3) is 3.01. The van der Waals surface area contributed by atoms with Crippen LogP contribution in [0.4, 0.5) is 13.2 Å². The standard InChI is InChI=1S/C25H31F3O5S/c1-5-20(31)33-25(21(32)34-12-26)13(2)8-15-16-10-18(27)17-9-14(29)6-7-22(17,3)24(16,28)19(30)11-23(15,25)4/h6-7,13,15-16,19,30H,5,8-12H2,1-4H3/t13-,15?,16?,19+,22?,23?,24+,25+/m1/s1. The van der Waals surface area contributed by atoms with Crippen LogP contribution in [0, 0.1) is 28.6 Å². The summed E-state index contributed by atoms with van der Waals surface area (Å²) in [5.41, 5.74) is -6.77. The fraction of sp³-hybridized carbons (Fsp3) is 0.720. The van der Waals surface area contributed by atoms with Gasteiger partial charge in [-0.2, -0.15) is 0 Å². The summed E-state index contributed by atoms with van der Waals surface area (Å²) in [7, 11) is 0. The minimum atomic E-state index is -2.29. The summed E-state index contributed by atoms with van der Waals surface area (Å²) in [6, 6.07) is -1.02. The first kappa shape index (κ1) is 25.5. The fourth-order valence-electron chi connectivity index (χ4n) is 7.60. The highest BCUT2D eigenvalue weighted by atomic mass is 32.2. The number of aliphatic hydroxyl groups is 1. The molecule has 0 saturated heterocycles. The molecule has 0 aliphatic heterocycles. The van der Waals surface area contributed by atoms with Gasteiger partial charge in [-0.1, -0.05) is 26.8 Å². The van der Waals surface area contributed by atoms with Crippen molar-refractivity contribution >= 4 is 28.6 Å². The highest BCUT2D eigenvalue weighted by Gasteiger charge is 2.77. The molecule has 0 amide bonds. The number of aliphatic hydroxyl groups excluding tert-OH is 1. The second-order valence-corrected chi connectivity index (χ2v) is 11.5. The number of allylic oxidation sites excluding steroid dienone is 4. The first-order valence-electron chi connectivity index (χ1n) is 11.8. The number of carbonyl (C=O) groups is 3. The van der Waals surface area contributed by atoms with Crippen molar-refractivity contribution in [1.29, 1.82) is 0 Å². The molecule has 9 heteroatoms. The van der Waals surface area contributed by atoms with Gasteiger partial charge in [0, 0.05) is 41.9 Å². The lowest BCUT2D eigenvalue weighted by molar-refractivity contribution is -0.223. The van der Waals surface area contributed by atoms with Gasteiger partial charge in [-0.25, -0.2) is 13.2 Å². The predicted octanol–water partition coefficient (Wildman–Crippen LogP) is 4.78. The van der Waals surface area contributed by atoms with Crippen LogP contribution < -0.4 is 0 Å². The predicted molar refractivity (Wildman–Crippen MR) is 121 cm³/mol. The van der Waals surface area contributed by atoms with Gasteiger partial charge in [0.15, 0.2) is 17.1 Å². The van der Waals surface area contributed by atoms with Crippen LogP contribution in [0.5, 0.6) is 0 Å². The lowest BCUT2D eigenvalue weighted by Gasteiger charge is -2.62. The molecular weight excluding hydrogens is 469 g/mol. The van der Waals surface area contributed by atoms with Crippen molar-refractivity contribution < 1.29 is 37.4 Å². The Hall–Kier alpha value is -1.61. The van der Waals surface area contributed by atoms with Crippen LogP contribution in [0.1, 0.15) is 59.8 Å². The number of esters is 1. The van der Waals surface area contributed by atoms with E-state index in [4.69, 9.17) is 4.74 Å². The molecule has 4 unspecified atom stereocenters. The SMILES string of the molecule is CCC(=O)O[C@]1(C(=O)SCF)[C@H](C)CC2C3CC(F)=C4CC(=O)C=CC4(C)[C@@]3(F)[C@@H](O)CC21C. The number of halogens is 3. The topological polar surface area (TPSA) is 80.7 Å². The summed E-state index contributed by atoms with van der Waals surface area (Å²) in [5.74, 6) is -3.79. The quantitative estimate of drug-likeness (QED) is 0.560. The Bertz CT molecular complexity index is 997. The van der Waals surface area contributed by atoms with Gasteiger partial charge >= 0.3 is 5.97 Å². The maximum atomic E-state index is 17.2. The molecular formula is C25H31F3O5S. The van der Waals surface area contributed by atoms with E-state index in [2.05, 4.69) is 0 Å². The van der Waals surface area contributed by atoms with E-state index in [1.165, 1.54) is 19.1 Å². The number of fused-ring (bicyclic) bond motifs is 5. The molecule has 0 bridgehead atoms. The molecule has 0 aromatic heterocycles. The van der Waals surface area contributed by atoms with Crippen molar-refractivity contribution in [3.05, 3.63) is 23.6 Å². The van der Waals surface area contributed by atoms with E-state index in [-0.39, 0.29) is 43.5 Å². The number of hydrogen-bond donors (Lipinski definition) is 1. The van der Waals surface area contributed by atoms with Crippen molar-refractivity contribution in [3.8, 4) is 0 Å².